The van der Waals surface area contributed by atoms with Crippen LogP contribution in [0.4, 0.5) is 39.8 Å². The van der Waals surface area contributed by atoms with Crippen molar-refractivity contribution >= 4 is 39.8 Å². The average Bonchev–Trinajstić information content (AvgIpc) is 3.33. The van der Waals surface area contributed by atoms with E-state index in [4.69, 9.17) is 6.57 Å². The van der Waals surface area contributed by atoms with Crippen molar-refractivity contribution in [3.8, 4) is 50.6 Å². The van der Waals surface area contributed by atoms with Gasteiger partial charge < -0.3 is 9.80 Å². The van der Waals surface area contributed by atoms with Crippen LogP contribution in [0.3, 0.4) is 0 Å². The Morgan fingerprint density at radius 2 is 0.583 bits per heavy atom. The van der Waals surface area contributed by atoms with Gasteiger partial charge in [0.05, 0.1) is 18.2 Å². The SMILES string of the molecule is [C-]#[N+]c1c(C#N)c(-c2ccccc2)c(-c2ccc(N(c3ccccc3)c3ccccc3)cc2)c(-c2ccc(N(c3ccccc3)c3ccccc3)cc2)c1-c1ccccc1. The molecular formula is C56H38N4. The Morgan fingerprint density at radius 3 is 0.900 bits per heavy atom. The number of rotatable bonds is 10. The molecule has 0 spiro atoms. The predicted molar refractivity (Wildman–Crippen MR) is 249 cm³/mol. The number of hydrogen-bond donors (Lipinski definition) is 0. The zero-order valence-corrected chi connectivity index (χ0v) is 32.7. The fourth-order valence-corrected chi connectivity index (χ4v) is 8.07. The normalized spacial score (nSPS) is 10.6. The third kappa shape index (κ3) is 7.18. The Hall–Kier alpha value is -8.44. The van der Waals surface area contributed by atoms with Gasteiger partial charge in [-0.25, -0.2) is 4.85 Å². The number of hydrogen-bond acceptors (Lipinski definition) is 3. The Morgan fingerprint density at radius 1 is 0.317 bits per heavy atom. The van der Waals surface area contributed by atoms with Gasteiger partial charge in [0, 0.05) is 34.1 Å². The lowest BCUT2D eigenvalue weighted by Crippen LogP contribution is -2.09. The highest BCUT2D eigenvalue weighted by Gasteiger charge is 2.28. The van der Waals surface area contributed by atoms with Crippen LogP contribution in [-0.2, 0) is 0 Å². The molecule has 0 aliphatic carbocycles. The van der Waals surface area contributed by atoms with Crippen LogP contribution in [0.15, 0.2) is 231 Å². The van der Waals surface area contributed by atoms with Crippen LogP contribution < -0.4 is 9.80 Å². The molecule has 0 radical (unpaired) electrons. The van der Waals surface area contributed by atoms with Gasteiger partial charge in [0.25, 0.3) is 0 Å². The summed E-state index contributed by atoms with van der Waals surface area (Å²) in [7, 11) is 0. The summed E-state index contributed by atoms with van der Waals surface area (Å²) in [4.78, 5) is 8.65. The van der Waals surface area contributed by atoms with Crippen LogP contribution in [0.25, 0.3) is 49.4 Å². The molecule has 9 aromatic carbocycles. The van der Waals surface area contributed by atoms with Crippen LogP contribution in [0, 0.1) is 17.9 Å². The highest BCUT2D eigenvalue weighted by Crippen LogP contribution is 2.53. The monoisotopic (exact) mass is 766 g/mol. The summed E-state index contributed by atoms with van der Waals surface area (Å²) in [6.45, 7) is 8.65. The molecule has 0 atom stereocenters. The second-order valence-electron chi connectivity index (χ2n) is 14.3. The van der Waals surface area contributed by atoms with Gasteiger partial charge in [-0.2, -0.15) is 5.26 Å². The third-order valence-electron chi connectivity index (χ3n) is 10.7. The van der Waals surface area contributed by atoms with E-state index in [1.165, 1.54) is 0 Å². The van der Waals surface area contributed by atoms with Crippen molar-refractivity contribution in [1.29, 1.82) is 5.26 Å². The van der Waals surface area contributed by atoms with E-state index in [1.54, 1.807) is 0 Å². The van der Waals surface area contributed by atoms with Crippen LogP contribution in [-0.4, -0.2) is 0 Å². The van der Waals surface area contributed by atoms with Gasteiger partial charge in [0.15, 0.2) is 0 Å². The van der Waals surface area contributed by atoms with E-state index in [1.807, 2.05) is 84.9 Å². The first-order valence-electron chi connectivity index (χ1n) is 19.9. The fourth-order valence-electron chi connectivity index (χ4n) is 8.07. The van der Waals surface area contributed by atoms with E-state index in [0.29, 0.717) is 11.3 Å². The summed E-state index contributed by atoms with van der Waals surface area (Å²) in [5.74, 6) is 0. The van der Waals surface area contributed by atoms with Gasteiger partial charge in [-0.05, 0) is 117 Å². The van der Waals surface area contributed by atoms with Crippen molar-refractivity contribution in [2.75, 3.05) is 9.80 Å². The van der Waals surface area contributed by atoms with E-state index in [-0.39, 0.29) is 0 Å². The molecule has 9 rings (SSSR count). The molecule has 0 aliphatic rings. The van der Waals surface area contributed by atoms with Gasteiger partial charge >= 0.3 is 0 Å². The van der Waals surface area contributed by atoms with Crippen LogP contribution in [0.1, 0.15) is 5.56 Å². The number of benzene rings is 9. The second kappa shape index (κ2) is 17.0. The van der Waals surface area contributed by atoms with Gasteiger partial charge in [-0.15, -0.1) is 0 Å². The maximum absolute atomic E-state index is 11.1. The smallest absolute Gasteiger partial charge is 0.213 e. The van der Waals surface area contributed by atoms with Crippen molar-refractivity contribution in [3.05, 3.63) is 248 Å². The number of para-hydroxylation sites is 4. The summed E-state index contributed by atoms with van der Waals surface area (Å²) >= 11 is 0. The van der Waals surface area contributed by atoms with Crippen LogP contribution in [0.5, 0.6) is 0 Å². The average molecular weight is 767 g/mol. The Labute approximate surface area is 351 Å². The molecule has 0 unspecified atom stereocenters. The van der Waals surface area contributed by atoms with Crippen molar-refractivity contribution in [2.24, 2.45) is 0 Å². The van der Waals surface area contributed by atoms with E-state index < -0.39 is 0 Å². The van der Waals surface area contributed by atoms with Gasteiger partial charge in [-0.1, -0.05) is 158 Å². The van der Waals surface area contributed by atoms with Crippen molar-refractivity contribution in [3.63, 3.8) is 0 Å². The summed E-state index contributed by atoms with van der Waals surface area (Å²) in [6, 6.07) is 81.1. The molecule has 0 N–H and O–H groups in total. The minimum atomic E-state index is 0.330. The number of nitrogens with zero attached hydrogens (tertiary/aromatic N) is 4. The molecular weight excluding hydrogens is 729 g/mol. The molecule has 282 valence electrons. The first kappa shape index (κ1) is 37.2. The molecule has 4 heteroatoms. The predicted octanol–water partition coefficient (Wildman–Crippen LogP) is 15.7. The van der Waals surface area contributed by atoms with Crippen LogP contribution >= 0.6 is 0 Å². The largest absolute Gasteiger partial charge is 0.311 e. The first-order chi connectivity index (χ1) is 29.7. The van der Waals surface area contributed by atoms with Crippen molar-refractivity contribution in [1.82, 2.24) is 0 Å². The standard InChI is InChI=1S/C56H38N4/c1-58-56-51(40-57)52(41-20-8-2-9-21-41)53(43-32-36-49(37-33-43)59(45-24-12-4-13-25-45)46-26-14-5-15-27-46)54(55(56)42-22-10-3-11-23-42)44-34-38-50(39-35-44)60(47-28-16-6-17-29-47)48-30-18-7-19-31-48/h2-39H. The third-order valence-corrected chi connectivity index (χ3v) is 10.7. The molecule has 0 heterocycles. The molecule has 0 saturated heterocycles. The minimum absolute atomic E-state index is 0.330. The first-order valence-corrected chi connectivity index (χ1v) is 19.9. The molecule has 4 nitrogen and oxygen atoms in total. The van der Waals surface area contributed by atoms with Crippen LogP contribution in [0.2, 0.25) is 0 Å². The Bertz CT molecular complexity index is 2650. The molecule has 0 fully saturated rings. The highest BCUT2D eigenvalue weighted by molar-refractivity contribution is 6.10. The summed E-state index contributed by atoms with van der Waals surface area (Å²) < 4.78 is 0. The van der Waals surface area contributed by atoms with E-state index in [2.05, 4.69) is 166 Å². The lowest BCUT2D eigenvalue weighted by atomic mass is 9.79. The molecule has 60 heavy (non-hydrogen) atoms. The van der Waals surface area contributed by atoms with Gasteiger partial charge in [0.1, 0.15) is 0 Å². The molecule has 0 bridgehead atoms. The molecule has 0 aromatic heterocycles. The number of anilines is 6. The maximum atomic E-state index is 11.1. The Kier molecular flexibility index (Phi) is 10.5. The maximum Gasteiger partial charge on any atom is 0.213 e. The molecule has 0 amide bonds. The van der Waals surface area contributed by atoms with Gasteiger partial charge in [-0.3, -0.25) is 0 Å². The summed E-state index contributed by atoms with van der Waals surface area (Å²) in [5, 5.41) is 11.1. The van der Waals surface area contributed by atoms with E-state index in [9.17, 15) is 5.26 Å². The highest BCUT2D eigenvalue weighted by atomic mass is 15.1. The fraction of sp³-hybridized carbons (Fsp3) is 0. The minimum Gasteiger partial charge on any atom is -0.311 e. The lowest BCUT2D eigenvalue weighted by molar-refractivity contribution is 1.28. The van der Waals surface area contributed by atoms with Gasteiger partial charge in [0.2, 0.25) is 5.69 Å². The molecule has 0 aliphatic heterocycles. The second-order valence-corrected chi connectivity index (χ2v) is 14.3. The zero-order valence-electron chi connectivity index (χ0n) is 32.7. The quantitative estimate of drug-likeness (QED) is 0.130. The van der Waals surface area contributed by atoms with Crippen molar-refractivity contribution in [2.45, 2.75) is 0 Å². The topological polar surface area (TPSA) is 34.6 Å². The molecule has 9 aromatic rings. The Balaban J connectivity index is 1.31. The summed E-state index contributed by atoms with van der Waals surface area (Å²) in [5.41, 5.74) is 13.7. The summed E-state index contributed by atoms with van der Waals surface area (Å²) in [6.07, 6.45) is 0. The lowest BCUT2D eigenvalue weighted by Gasteiger charge is -2.27. The number of nitriles is 1. The van der Waals surface area contributed by atoms with Crippen molar-refractivity contribution < 1.29 is 0 Å². The van der Waals surface area contributed by atoms with E-state index in [0.717, 1.165) is 78.6 Å². The van der Waals surface area contributed by atoms with E-state index >= 15 is 0 Å². The molecule has 0 saturated carbocycles. The zero-order chi connectivity index (χ0) is 40.7.